The fraction of sp³-hybridized carbons (Fsp3) is 0.455. The summed E-state index contributed by atoms with van der Waals surface area (Å²) in [4.78, 5) is 17.0. The molecule has 28 heavy (non-hydrogen) atoms. The largest absolute Gasteiger partial charge is 0.348 e. The fourth-order valence-corrected chi connectivity index (χ4v) is 5.11. The molecule has 0 bridgehead atoms. The van der Waals surface area contributed by atoms with E-state index in [0.29, 0.717) is 11.1 Å². The summed E-state index contributed by atoms with van der Waals surface area (Å²) in [5.74, 6) is -0.110. The van der Waals surface area contributed by atoms with Crippen LogP contribution in [-0.4, -0.2) is 31.9 Å². The van der Waals surface area contributed by atoms with E-state index >= 15 is 0 Å². The van der Waals surface area contributed by atoms with Crippen LogP contribution in [0.5, 0.6) is 0 Å². The van der Waals surface area contributed by atoms with E-state index in [0.717, 1.165) is 35.0 Å². The number of fused-ring (bicyclic) bond motifs is 1. The first-order valence-corrected chi connectivity index (χ1v) is 10.2. The molecular weight excluding hydrogens is 350 g/mol. The fourth-order valence-electron chi connectivity index (χ4n) is 5.11. The normalized spacial score (nSPS) is 18.9. The Bertz CT molecular complexity index is 1020. The van der Waals surface area contributed by atoms with Crippen molar-refractivity contribution >= 4 is 16.7 Å². The molecule has 2 heterocycles. The lowest BCUT2D eigenvalue weighted by Crippen LogP contribution is -2.51. The van der Waals surface area contributed by atoms with Crippen molar-refractivity contribution < 1.29 is 4.79 Å². The maximum Gasteiger partial charge on any atom is 0.273 e. The summed E-state index contributed by atoms with van der Waals surface area (Å²) in [5.41, 5.74) is 2.58. The third-order valence-corrected chi connectivity index (χ3v) is 6.60. The molecule has 1 spiro atoms. The number of carbonyl (C=O) groups excluding carboxylic acids is 1. The van der Waals surface area contributed by atoms with Gasteiger partial charge in [-0.3, -0.25) is 9.78 Å². The van der Waals surface area contributed by atoms with Gasteiger partial charge in [0.05, 0.1) is 11.4 Å². The zero-order chi connectivity index (χ0) is 19.1. The van der Waals surface area contributed by atoms with Gasteiger partial charge in [-0.1, -0.05) is 36.6 Å². The molecule has 144 valence electrons. The minimum absolute atomic E-state index is 0.110. The van der Waals surface area contributed by atoms with E-state index in [1.807, 2.05) is 37.4 Å². The lowest BCUT2D eigenvalue weighted by atomic mass is 9.58. The Morgan fingerprint density at radius 1 is 1.18 bits per heavy atom. The molecule has 1 aromatic carbocycles. The highest BCUT2D eigenvalue weighted by Crippen LogP contribution is 2.51. The van der Waals surface area contributed by atoms with Crippen LogP contribution in [0, 0.1) is 12.3 Å². The average Bonchev–Trinajstić information content (AvgIpc) is 3.08. The van der Waals surface area contributed by atoms with E-state index in [2.05, 4.69) is 20.6 Å². The average molecular weight is 375 g/mol. The van der Waals surface area contributed by atoms with Gasteiger partial charge in [-0.25, -0.2) is 4.68 Å². The van der Waals surface area contributed by atoms with Crippen LogP contribution in [0.1, 0.15) is 61.1 Å². The maximum atomic E-state index is 12.8. The Kier molecular flexibility index (Phi) is 4.14. The van der Waals surface area contributed by atoms with Crippen molar-refractivity contribution in [1.29, 1.82) is 0 Å². The third-order valence-electron chi connectivity index (χ3n) is 6.60. The highest BCUT2D eigenvalue weighted by atomic mass is 16.2. The number of hydrogen-bond acceptors (Lipinski definition) is 4. The Morgan fingerprint density at radius 2 is 2.00 bits per heavy atom. The predicted molar refractivity (Wildman–Crippen MR) is 107 cm³/mol. The molecule has 6 nitrogen and oxygen atoms in total. The Labute approximate surface area is 164 Å². The van der Waals surface area contributed by atoms with Crippen molar-refractivity contribution in [3.05, 3.63) is 48.0 Å². The lowest BCUT2D eigenvalue weighted by Gasteiger charge is -2.50. The van der Waals surface area contributed by atoms with Crippen LogP contribution in [0.25, 0.3) is 16.5 Å². The van der Waals surface area contributed by atoms with Gasteiger partial charge in [-0.05, 0) is 50.2 Å². The quantitative estimate of drug-likeness (QED) is 0.752. The second-order valence-electron chi connectivity index (χ2n) is 8.45. The number of pyridine rings is 1. The van der Waals surface area contributed by atoms with Crippen LogP contribution in [0.4, 0.5) is 0 Å². The second-order valence-corrected chi connectivity index (χ2v) is 8.45. The van der Waals surface area contributed by atoms with Crippen LogP contribution >= 0.6 is 0 Å². The number of nitrogens with one attached hydrogen (secondary N) is 1. The first kappa shape index (κ1) is 17.3. The van der Waals surface area contributed by atoms with Crippen LogP contribution in [-0.2, 0) is 0 Å². The molecule has 0 saturated heterocycles. The molecule has 0 aliphatic heterocycles. The topological polar surface area (TPSA) is 72.7 Å². The first-order valence-electron chi connectivity index (χ1n) is 10.2. The van der Waals surface area contributed by atoms with Crippen molar-refractivity contribution in [3.63, 3.8) is 0 Å². The van der Waals surface area contributed by atoms with Crippen molar-refractivity contribution in [3.8, 4) is 5.69 Å². The van der Waals surface area contributed by atoms with E-state index in [-0.39, 0.29) is 11.9 Å². The summed E-state index contributed by atoms with van der Waals surface area (Å²) in [6.07, 6.45) is 12.5. The molecule has 1 N–H and O–H groups in total. The standard InChI is InChI=1S/C22H25N5O/c1-15-20(21(28)24-17-12-22(13-17)9-3-2-4-10-22)25-26-27(15)19-7-5-6-16-14-23-11-8-18(16)19/h5-8,11,14,17H,2-4,9-10,12-13H2,1H3,(H,24,28). The molecular formula is C22H25N5O. The predicted octanol–water partition coefficient (Wildman–Crippen LogP) is 3.97. The highest BCUT2D eigenvalue weighted by Gasteiger charge is 2.45. The molecule has 2 aromatic heterocycles. The molecule has 3 aromatic rings. The number of hydrogen-bond donors (Lipinski definition) is 1. The van der Waals surface area contributed by atoms with E-state index in [9.17, 15) is 4.79 Å². The van der Waals surface area contributed by atoms with Crippen LogP contribution in [0.15, 0.2) is 36.7 Å². The number of aromatic nitrogens is 4. The number of rotatable bonds is 3. The maximum absolute atomic E-state index is 12.8. The summed E-state index contributed by atoms with van der Waals surface area (Å²) in [6, 6.07) is 8.22. The van der Waals surface area contributed by atoms with Gasteiger partial charge >= 0.3 is 0 Å². The Hall–Kier alpha value is -2.76. The number of benzene rings is 1. The van der Waals surface area contributed by atoms with Crippen molar-refractivity contribution in [2.75, 3.05) is 0 Å². The van der Waals surface area contributed by atoms with E-state index in [4.69, 9.17) is 0 Å². The molecule has 2 fully saturated rings. The molecule has 0 atom stereocenters. The van der Waals surface area contributed by atoms with Crippen LogP contribution in [0.3, 0.4) is 0 Å². The summed E-state index contributed by atoms with van der Waals surface area (Å²) >= 11 is 0. The lowest BCUT2D eigenvalue weighted by molar-refractivity contribution is 0.0361. The second kappa shape index (κ2) is 6.69. The molecule has 0 radical (unpaired) electrons. The number of amides is 1. The SMILES string of the molecule is Cc1c(C(=O)NC2CC3(CCCCC3)C2)nnn1-c1cccc2cnccc12. The number of carbonyl (C=O) groups is 1. The molecule has 2 aliphatic rings. The zero-order valence-electron chi connectivity index (χ0n) is 16.2. The molecule has 6 heteroatoms. The Balaban J connectivity index is 1.35. The summed E-state index contributed by atoms with van der Waals surface area (Å²) in [6.45, 7) is 1.90. The van der Waals surface area contributed by atoms with Gasteiger partial charge in [0.1, 0.15) is 0 Å². The third kappa shape index (κ3) is 2.87. The summed E-state index contributed by atoms with van der Waals surface area (Å²) in [5, 5.41) is 13.7. The minimum Gasteiger partial charge on any atom is -0.348 e. The molecule has 0 unspecified atom stereocenters. The smallest absolute Gasteiger partial charge is 0.273 e. The zero-order valence-corrected chi connectivity index (χ0v) is 16.2. The van der Waals surface area contributed by atoms with Gasteiger partial charge in [-0.15, -0.1) is 5.10 Å². The Morgan fingerprint density at radius 3 is 2.82 bits per heavy atom. The molecule has 2 aliphatic carbocycles. The van der Waals surface area contributed by atoms with E-state index in [1.165, 1.54) is 32.1 Å². The van der Waals surface area contributed by atoms with Gasteiger partial charge in [0.2, 0.25) is 0 Å². The minimum atomic E-state index is -0.110. The van der Waals surface area contributed by atoms with Crippen LogP contribution in [0.2, 0.25) is 0 Å². The van der Waals surface area contributed by atoms with Crippen molar-refractivity contribution in [2.45, 2.75) is 57.9 Å². The molecule has 2 saturated carbocycles. The first-order chi connectivity index (χ1) is 13.7. The van der Waals surface area contributed by atoms with Crippen LogP contribution < -0.4 is 5.32 Å². The van der Waals surface area contributed by atoms with E-state index in [1.54, 1.807) is 10.9 Å². The van der Waals surface area contributed by atoms with Crippen molar-refractivity contribution in [1.82, 2.24) is 25.3 Å². The molecule has 1 amide bonds. The van der Waals surface area contributed by atoms with Gasteiger partial charge < -0.3 is 5.32 Å². The summed E-state index contributed by atoms with van der Waals surface area (Å²) < 4.78 is 1.75. The molecule has 5 rings (SSSR count). The monoisotopic (exact) mass is 375 g/mol. The van der Waals surface area contributed by atoms with Gasteiger partial charge in [0, 0.05) is 29.2 Å². The van der Waals surface area contributed by atoms with E-state index < -0.39 is 0 Å². The van der Waals surface area contributed by atoms with Gasteiger partial charge in [0.25, 0.3) is 5.91 Å². The van der Waals surface area contributed by atoms with Gasteiger partial charge in [0.15, 0.2) is 5.69 Å². The summed E-state index contributed by atoms with van der Waals surface area (Å²) in [7, 11) is 0. The number of nitrogens with zero attached hydrogens (tertiary/aromatic N) is 4. The van der Waals surface area contributed by atoms with Crippen molar-refractivity contribution in [2.24, 2.45) is 5.41 Å². The van der Waals surface area contributed by atoms with Gasteiger partial charge in [-0.2, -0.15) is 0 Å². The highest BCUT2D eigenvalue weighted by molar-refractivity contribution is 5.94.